The fourth-order valence-electron chi connectivity index (χ4n) is 1.38. The maximum absolute atomic E-state index is 2.29. The van der Waals surface area contributed by atoms with Gasteiger partial charge in [-0.3, -0.25) is 0 Å². The molecule has 1 aromatic carbocycles. The molecule has 0 spiro atoms. The van der Waals surface area contributed by atoms with Gasteiger partial charge in [-0.1, -0.05) is 50.6 Å². The summed E-state index contributed by atoms with van der Waals surface area (Å²) in [5.74, 6) is 0.723. The zero-order valence-electron chi connectivity index (χ0n) is 7.38. The topological polar surface area (TPSA) is 0 Å². The van der Waals surface area contributed by atoms with Crippen LogP contribution in [0.4, 0.5) is 0 Å². The molecule has 0 heteroatoms. The van der Waals surface area contributed by atoms with E-state index in [1.54, 1.807) is 0 Å². The smallest absolute Gasteiger partial charge is 0.0190 e. The molecule has 0 aliphatic carbocycles. The minimum absolute atomic E-state index is 0.723. The number of benzene rings is 1. The Bertz CT molecular complexity index is 188. The first-order chi connectivity index (χ1) is 5.34. The molecule has 0 aliphatic rings. The first-order valence-corrected chi connectivity index (χ1v) is 4.39. The van der Waals surface area contributed by atoms with E-state index in [0.29, 0.717) is 0 Å². The molecule has 0 aliphatic heterocycles. The molecule has 1 aromatic rings. The fourth-order valence-corrected chi connectivity index (χ4v) is 1.38. The first-order valence-electron chi connectivity index (χ1n) is 4.39. The predicted octanol–water partition coefficient (Wildman–Crippen LogP) is 3.59. The van der Waals surface area contributed by atoms with Crippen molar-refractivity contribution in [3.63, 3.8) is 0 Å². The highest BCUT2D eigenvalue weighted by molar-refractivity contribution is 5.18. The van der Waals surface area contributed by atoms with Gasteiger partial charge in [-0.2, -0.15) is 0 Å². The molecule has 1 rings (SSSR count). The molecular formula is C11H16. The molecule has 0 aromatic heterocycles. The summed E-state index contributed by atoms with van der Waals surface area (Å²) < 4.78 is 0. The Morgan fingerprint density at radius 1 is 1.18 bits per heavy atom. The monoisotopic (exact) mass is 148 g/mol. The standard InChI is InChI=1S/C11H16/c1-3-7-10(2)11-8-5-4-6-9-11/h4-6,8-10H,3,7H2,1-2H3. The molecule has 0 fully saturated rings. The van der Waals surface area contributed by atoms with Crippen LogP contribution >= 0.6 is 0 Å². The minimum Gasteiger partial charge on any atom is -0.0654 e. The molecular weight excluding hydrogens is 132 g/mol. The van der Waals surface area contributed by atoms with E-state index in [1.165, 1.54) is 18.4 Å². The summed E-state index contributed by atoms with van der Waals surface area (Å²) in [7, 11) is 0. The van der Waals surface area contributed by atoms with E-state index in [2.05, 4.69) is 44.2 Å². The third kappa shape index (κ3) is 2.38. The second-order valence-electron chi connectivity index (χ2n) is 3.10. The summed E-state index contributed by atoms with van der Waals surface area (Å²) in [6.45, 7) is 4.53. The lowest BCUT2D eigenvalue weighted by molar-refractivity contribution is 0.665. The van der Waals surface area contributed by atoms with Crippen LogP contribution in [0.2, 0.25) is 0 Å². The van der Waals surface area contributed by atoms with Gasteiger partial charge >= 0.3 is 0 Å². The van der Waals surface area contributed by atoms with Crippen LogP contribution in [0.3, 0.4) is 0 Å². The first kappa shape index (κ1) is 8.32. The van der Waals surface area contributed by atoms with Crippen LogP contribution in [-0.4, -0.2) is 0 Å². The zero-order chi connectivity index (χ0) is 8.10. The van der Waals surface area contributed by atoms with Crippen LogP contribution < -0.4 is 0 Å². The summed E-state index contributed by atoms with van der Waals surface area (Å²) >= 11 is 0. The van der Waals surface area contributed by atoms with Crippen LogP contribution in [0.25, 0.3) is 0 Å². The molecule has 1 atom stereocenters. The van der Waals surface area contributed by atoms with Gasteiger partial charge in [0, 0.05) is 0 Å². The summed E-state index contributed by atoms with van der Waals surface area (Å²) in [4.78, 5) is 0. The Morgan fingerprint density at radius 3 is 2.36 bits per heavy atom. The van der Waals surface area contributed by atoms with Gasteiger partial charge in [0.25, 0.3) is 0 Å². The lowest BCUT2D eigenvalue weighted by atomic mass is 9.97. The van der Waals surface area contributed by atoms with Crippen LogP contribution in [0.5, 0.6) is 0 Å². The van der Waals surface area contributed by atoms with E-state index < -0.39 is 0 Å². The molecule has 1 unspecified atom stereocenters. The van der Waals surface area contributed by atoms with E-state index in [1.807, 2.05) is 0 Å². The van der Waals surface area contributed by atoms with Crippen LogP contribution in [0.1, 0.15) is 38.2 Å². The lowest BCUT2D eigenvalue weighted by Gasteiger charge is -2.08. The van der Waals surface area contributed by atoms with Crippen LogP contribution in [0.15, 0.2) is 30.3 Å². The highest BCUT2D eigenvalue weighted by Crippen LogP contribution is 2.19. The highest BCUT2D eigenvalue weighted by Gasteiger charge is 2.01. The maximum Gasteiger partial charge on any atom is -0.0190 e. The summed E-state index contributed by atoms with van der Waals surface area (Å²) in [6.07, 6.45) is 2.57. The Balaban J connectivity index is 2.61. The Labute approximate surface area is 69.3 Å². The molecule has 60 valence electrons. The SMILES string of the molecule is CCCC(C)c1ccccc1. The van der Waals surface area contributed by atoms with Gasteiger partial charge in [0.1, 0.15) is 0 Å². The van der Waals surface area contributed by atoms with Crippen molar-refractivity contribution >= 4 is 0 Å². The molecule has 0 nitrogen and oxygen atoms in total. The van der Waals surface area contributed by atoms with Crippen molar-refractivity contribution in [3.05, 3.63) is 35.9 Å². The van der Waals surface area contributed by atoms with Crippen LogP contribution in [0, 0.1) is 0 Å². The highest BCUT2D eigenvalue weighted by atomic mass is 14.1. The van der Waals surface area contributed by atoms with Gasteiger partial charge in [0.05, 0.1) is 0 Å². The summed E-state index contributed by atoms with van der Waals surface area (Å²) in [5, 5.41) is 0. The van der Waals surface area contributed by atoms with E-state index in [9.17, 15) is 0 Å². The van der Waals surface area contributed by atoms with E-state index in [-0.39, 0.29) is 0 Å². The Kier molecular flexibility index (Phi) is 3.15. The van der Waals surface area contributed by atoms with Crippen molar-refractivity contribution in [2.45, 2.75) is 32.6 Å². The van der Waals surface area contributed by atoms with Gasteiger partial charge in [0.2, 0.25) is 0 Å². The average molecular weight is 148 g/mol. The van der Waals surface area contributed by atoms with Crippen molar-refractivity contribution in [3.8, 4) is 0 Å². The average Bonchev–Trinajstić information content (AvgIpc) is 2.07. The summed E-state index contributed by atoms with van der Waals surface area (Å²) in [5.41, 5.74) is 1.47. The normalized spacial score (nSPS) is 12.9. The Hall–Kier alpha value is -0.780. The van der Waals surface area contributed by atoms with E-state index in [0.717, 1.165) is 5.92 Å². The van der Waals surface area contributed by atoms with Crippen molar-refractivity contribution in [1.29, 1.82) is 0 Å². The van der Waals surface area contributed by atoms with Gasteiger partial charge in [0.15, 0.2) is 0 Å². The van der Waals surface area contributed by atoms with Crippen molar-refractivity contribution in [1.82, 2.24) is 0 Å². The largest absolute Gasteiger partial charge is 0.0654 e. The second-order valence-corrected chi connectivity index (χ2v) is 3.10. The van der Waals surface area contributed by atoms with Gasteiger partial charge in [-0.05, 0) is 17.9 Å². The molecule has 0 bridgehead atoms. The molecule has 0 saturated heterocycles. The molecule has 0 saturated carbocycles. The molecule has 0 N–H and O–H groups in total. The van der Waals surface area contributed by atoms with Crippen molar-refractivity contribution in [2.24, 2.45) is 0 Å². The van der Waals surface area contributed by atoms with E-state index in [4.69, 9.17) is 0 Å². The molecule has 0 amide bonds. The zero-order valence-corrected chi connectivity index (χ0v) is 7.38. The van der Waals surface area contributed by atoms with Gasteiger partial charge in [-0.25, -0.2) is 0 Å². The fraction of sp³-hybridized carbons (Fsp3) is 0.455. The summed E-state index contributed by atoms with van der Waals surface area (Å²) in [6, 6.07) is 10.7. The maximum atomic E-state index is 2.29. The molecule has 0 heterocycles. The molecule has 11 heavy (non-hydrogen) atoms. The molecule has 0 radical (unpaired) electrons. The number of hydrogen-bond donors (Lipinski definition) is 0. The van der Waals surface area contributed by atoms with Crippen LogP contribution in [-0.2, 0) is 0 Å². The van der Waals surface area contributed by atoms with Gasteiger partial charge in [-0.15, -0.1) is 0 Å². The number of rotatable bonds is 3. The lowest BCUT2D eigenvalue weighted by Crippen LogP contribution is -1.91. The Morgan fingerprint density at radius 2 is 1.82 bits per heavy atom. The quantitative estimate of drug-likeness (QED) is 0.614. The third-order valence-electron chi connectivity index (χ3n) is 2.09. The third-order valence-corrected chi connectivity index (χ3v) is 2.09. The second kappa shape index (κ2) is 4.17. The predicted molar refractivity (Wildman–Crippen MR) is 49.8 cm³/mol. The van der Waals surface area contributed by atoms with Crippen molar-refractivity contribution in [2.75, 3.05) is 0 Å². The number of hydrogen-bond acceptors (Lipinski definition) is 0. The van der Waals surface area contributed by atoms with E-state index >= 15 is 0 Å². The minimum atomic E-state index is 0.723. The van der Waals surface area contributed by atoms with Crippen molar-refractivity contribution < 1.29 is 0 Å². The van der Waals surface area contributed by atoms with Gasteiger partial charge < -0.3 is 0 Å².